The second-order valence-electron chi connectivity index (χ2n) is 6.45. The van der Waals surface area contributed by atoms with Crippen molar-refractivity contribution in [2.24, 2.45) is 10.9 Å². The third-order valence-electron chi connectivity index (χ3n) is 4.84. The molecule has 1 heterocycles. The molecule has 0 radical (unpaired) electrons. The second kappa shape index (κ2) is 6.45. The first-order chi connectivity index (χ1) is 12.1. The molecule has 0 bridgehead atoms. The first-order valence-electron chi connectivity index (χ1n) is 8.43. The van der Waals surface area contributed by atoms with Crippen LogP contribution < -0.4 is 5.32 Å². The molecule has 2 aliphatic carbocycles. The molecule has 0 fully saturated rings. The summed E-state index contributed by atoms with van der Waals surface area (Å²) in [6.07, 6.45) is 9.71. The topological polar surface area (TPSA) is 58.5 Å². The summed E-state index contributed by atoms with van der Waals surface area (Å²) in [6, 6.07) is 6.63. The summed E-state index contributed by atoms with van der Waals surface area (Å²) >= 11 is 5.84. The van der Waals surface area contributed by atoms with Gasteiger partial charge in [0.25, 0.3) is 11.8 Å². The fourth-order valence-corrected chi connectivity index (χ4v) is 3.72. The molecular weight excluding hydrogens is 336 g/mol. The lowest BCUT2D eigenvalue weighted by Crippen LogP contribution is -2.37. The van der Waals surface area contributed by atoms with Crippen LogP contribution in [0.15, 0.2) is 64.3 Å². The third-order valence-corrected chi connectivity index (χ3v) is 5.09. The van der Waals surface area contributed by atoms with Crippen molar-refractivity contribution in [1.29, 1.82) is 0 Å². The molecule has 4 rings (SSSR count). The summed E-state index contributed by atoms with van der Waals surface area (Å²) in [5, 5.41) is 3.55. The molecule has 1 N–H and O–H groups in total. The number of allylic oxidation sites excluding steroid dienone is 3. The van der Waals surface area contributed by atoms with E-state index in [1.807, 2.05) is 12.2 Å². The van der Waals surface area contributed by atoms with E-state index in [-0.39, 0.29) is 17.7 Å². The van der Waals surface area contributed by atoms with Gasteiger partial charge >= 0.3 is 0 Å². The van der Waals surface area contributed by atoms with E-state index in [2.05, 4.69) is 10.3 Å². The lowest BCUT2D eigenvalue weighted by molar-refractivity contribution is -0.117. The Hall–Kier alpha value is -2.46. The minimum Gasteiger partial charge on any atom is -0.325 e. The van der Waals surface area contributed by atoms with Crippen LogP contribution in [0, 0.1) is 5.92 Å². The fourth-order valence-electron chi connectivity index (χ4n) is 3.59. The summed E-state index contributed by atoms with van der Waals surface area (Å²) in [5.41, 5.74) is 4.01. The summed E-state index contributed by atoms with van der Waals surface area (Å²) < 4.78 is 0. The van der Waals surface area contributed by atoms with Crippen LogP contribution >= 0.6 is 11.6 Å². The molecule has 1 aromatic carbocycles. The Morgan fingerprint density at radius 1 is 1.16 bits per heavy atom. The predicted octanol–water partition coefficient (Wildman–Crippen LogP) is 3.99. The van der Waals surface area contributed by atoms with Gasteiger partial charge < -0.3 is 5.32 Å². The highest BCUT2D eigenvalue weighted by Crippen LogP contribution is 2.38. The van der Waals surface area contributed by atoms with Crippen LogP contribution in [0.1, 0.15) is 36.0 Å². The van der Waals surface area contributed by atoms with Gasteiger partial charge in [0.1, 0.15) is 0 Å². The molecule has 126 valence electrons. The van der Waals surface area contributed by atoms with Crippen LogP contribution in [-0.2, 0) is 4.79 Å². The number of carbonyl (C=O) groups excluding carboxylic acids is 2. The number of halogens is 1. The zero-order valence-electron chi connectivity index (χ0n) is 13.6. The lowest BCUT2D eigenvalue weighted by Gasteiger charge is -2.33. The smallest absolute Gasteiger partial charge is 0.277 e. The summed E-state index contributed by atoms with van der Waals surface area (Å²) in [6.45, 7) is 0. The summed E-state index contributed by atoms with van der Waals surface area (Å²) in [5.74, 6) is -0.222. The normalized spacial score (nSPS) is 23.7. The highest BCUT2D eigenvalue weighted by Gasteiger charge is 2.33. The van der Waals surface area contributed by atoms with E-state index in [1.165, 1.54) is 5.57 Å². The standard InChI is InChI=1S/C20H17ClN2O2/c21-13-7-5-12(6-8-13)19(24)22-14-9-10-16-15-3-1-2-4-17(15)20(25)23-18(16)11-14/h5-11,16H,1-4H2,(H,23,25). The second-order valence-corrected chi connectivity index (χ2v) is 6.89. The molecule has 0 aromatic heterocycles. The molecule has 1 unspecified atom stereocenters. The first kappa shape index (κ1) is 16.0. The maximum absolute atomic E-state index is 12.3. The van der Waals surface area contributed by atoms with Crippen LogP contribution in [0.25, 0.3) is 0 Å². The third kappa shape index (κ3) is 3.10. The molecule has 0 saturated carbocycles. The van der Waals surface area contributed by atoms with Crippen LogP contribution in [0.3, 0.4) is 0 Å². The molecule has 1 aliphatic heterocycles. The number of hydrogen-bond acceptors (Lipinski definition) is 2. The molecular formula is C20H17ClN2O2. The van der Waals surface area contributed by atoms with Gasteiger partial charge in [0, 0.05) is 27.8 Å². The van der Waals surface area contributed by atoms with E-state index in [9.17, 15) is 9.59 Å². The first-order valence-corrected chi connectivity index (χ1v) is 8.81. The van der Waals surface area contributed by atoms with Crippen molar-refractivity contribution in [3.8, 4) is 0 Å². The SMILES string of the molecule is O=C1NC2=CC(=NC(=O)c3ccc(Cl)cc3)C=CC2C2=C1CCCC2. The van der Waals surface area contributed by atoms with E-state index in [4.69, 9.17) is 11.6 Å². The van der Waals surface area contributed by atoms with Gasteiger partial charge in [-0.05, 0) is 67.7 Å². The Labute approximate surface area is 151 Å². The van der Waals surface area contributed by atoms with Gasteiger partial charge in [0.15, 0.2) is 0 Å². The van der Waals surface area contributed by atoms with E-state index in [0.29, 0.717) is 16.3 Å². The van der Waals surface area contributed by atoms with Gasteiger partial charge in [0.05, 0.1) is 5.71 Å². The summed E-state index contributed by atoms with van der Waals surface area (Å²) in [7, 11) is 0. The van der Waals surface area contributed by atoms with E-state index in [1.54, 1.807) is 30.3 Å². The average molecular weight is 353 g/mol. The zero-order valence-corrected chi connectivity index (χ0v) is 14.3. The Morgan fingerprint density at radius 2 is 1.92 bits per heavy atom. The predicted molar refractivity (Wildman–Crippen MR) is 97.6 cm³/mol. The number of amides is 2. The number of carbonyl (C=O) groups is 2. The fraction of sp³-hybridized carbons (Fsp3) is 0.250. The van der Waals surface area contributed by atoms with E-state index >= 15 is 0 Å². The number of fused-ring (bicyclic) bond motifs is 2. The van der Waals surface area contributed by atoms with Gasteiger partial charge in [-0.25, -0.2) is 4.99 Å². The van der Waals surface area contributed by atoms with Crippen molar-refractivity contribution in [2.75, 3.05) is 0 Å². The zero-order chi connectivity index (χ0) is 17.4. The number of aliphatic imine (C=N–C) groups is 1. The molecule has 0 saturated heterocycles. The van der Waals surface area contributed by atoms with Gasteiger partial charge in [0.2, 0.25) is 0 Å². The maximum atomic E-state index is 12.3. The van der Waals surface area contributed by atoms with Crippen LogP contribution in [0.2, 0.25) is 5.02 Å². The Kier molecular flexibility index (Phi) is 4.14. The average Bonchev–Trinajstić information content (AvgIpc) is 2.62. The molecule has 3 aliphatic rings. The van der Waals surface area contributed by atoms with Gasteiger partial charge in [-0.15, -0.1) is 0 Å². The molecule has 5 heteroatoms. The Morgan fingerprint density at radius 3 is 2.72 bits per heavy atom. The largest absolute Gasteiger partial charge is 0.325 e. The van der Waals surface area contributed by atoms with Gasteiger partial charge in [-0.3, -0.25) is 9.59 Å². The molecule has 25 heavy (non-hydrogen) atoms. The van der Waals surface area contributed by atoms with E-state index < -0.39 is 0 Å². The summed E-state index contributed by atoms with van der Waals surface area (Å²) in [4.78, 5) is 28.8. The van der Waals surface area contributed by atoms with Gasteiger partial charge in [-0.1, -0.05) is 17.7 Å². The number of nitrogens with one attached hydrogen (secondary N) is 1. The maximum Gasteiger partial charge on any atom is 0.277 e. The highest BCUT2D eigenvalue weighted by atomic mass is 35.5. The van der Waals surface area contributed by atoms with Crippen molar-refractivity contribution >= 4 is 29.1 Å². The highest BCUT2D eigenvalue weighted by molar-refractivity contribution is 6.30. The molecule has 1 atom stereocenters. The van der Waals surface area contributed by atoms with Crippen molar-refractivity contribution in [3.05, 3.63) is 69.9 Å². The quantitative estimate of drug-likeness (QED) is 0.830. The monoisotopic (exact) mass is 352 g/mol. The number of benzene rings is 1. The van der Waals surface area contributed by atoms with Crippen LogP contribution in [-0.4, -0.2) is 17.5 Å². The molecule has 1 aromatic rings. The van der Waals surface area contributed by atoms with Crippen molar-refractivity contribution < 1.29 is 9.59 Å². The van der Waals surface area contributed by atoms with Crippen molar-refractivity contribution in [3.63, 3.8) is 0 Å². The molecule has 0 spiro atoms. The number of nitrogens with zero attached hydrogens (tertiary/aromatic N) is 1. The Balaban J connectivity index is 1.61. The minimum absolute atomic E-state index is 0.00382. The number of hydrogen-bond donors (Lipinski definition) is 1. The van der Waals surface area contributed by atoms with Crippen molar-refractivity contribution in [1.82, 2.24) is 5.32 Å². The molecule has 4 nitrogen and oxygen atoms in total. The van der Waals surface area contributed by atoms with Crippen LogP contribution in [0.4, 0.5) is 0 Å². The van der Waals surface area contributed by atoms with Gasteiger partial charge in [-0.2, -0.15) is 0 Å². The Bertz CT molecular complexity index is 875. The number of rotatable bonds is 1. The molecule has 2 amide bonds. The van der Waals surface area contributed by atoms with E-state index in [0.717, 1.165) is 37.0 Å². The lowest BCUT2D eigenvalue weighted by atomic mass is 9.77. The minimum atomic E-state index is -0.327. The van der Waals surface area contributed by atoms with Crippen LogP contribution in [0.5, 0.6) is 0 Å². The van der Waals surface area contributed by atoms with Crippen molar-refractivity contribution in [2.45, 2.75) is 25.7 Å².